The van der Waals surface area contributed by atoms with E-state index in [1.54, 1.807) is 0 Å². The van der Waals surface area contributed by atoms with Crippen molar-refractivity contribution in [2.24, 2.45) is 0 Å². The summed E-state index contributed by atoms with van der Waals surface area (Å²) in [5.41, 5.74) is 23.7. The maximum Gasteiger partial charge on any atom is 0.0716 e. The van der Waals surface area contributed by atoms with Gasteiger partial charge in [0, 0.05) is 33.5 Å². The van der Waals surface area contributed by atoms with Gasteiger partial charge in [0.15, 0.2) is 0 Å². The van der Waals surface area contributed by atoms with Gasteiger partial charge >= 0.3 is 0 Å². The summed E-state index contributed by atoms with van der Waals surface area (Å²) in [6.07, 6.45) is 0. The second-order valence-corrected chi connectivity index (χ2v) is 17.9. The number of fused-ring (bicyclic) bond motifs is 6. The summed E-state index contributed by atoms with van der Waals surface area (Å²) in [5, 5.41) is 2.46. The summed E-state index contributed by atoms with van der Waals surface area (Å²) < 4.78 is 2.43. The van der Waals surface area contributed by atoms with E-state index in [4.69, 9.17) is 4.98 Å². The van der Waals surface area contributed by atoms with Gasteiger partial charge in [0.25, 0.3) is 0 Å². The van der Waals surface area contributed by atoms with Crippen molar-refractivity contribution >= 4 is 21.8 Å². The number of nitrogens with zero attached hydrogens (tertiary/aromatic N) is 2. The molecule has 0 spiro atoms. The molecule has 0 radical (unpaired) electrons. The van der Waals surface area contributed by atoms with Gasteiger partial charge in [-0.15, -0.1) is 0 Å². The second-order valence-electron chi connectivity index (χ2n) is 17.9. The topological polar surface area (TPSA) is 17.8 Å². The van der Waals surface area contributed by atoms with E-state index in [1.165, 1.54) is 88.6 Å². The molecule has 2 nitrogen and oxygen atoms in total. The third-order valence-electron chi connectivity index (χ3n) is 13.8. The molecule has 0 amide bonds. The largest absolute Gasteiger partial charge is 0.309 e. The van der Waals surface area contributed by atoms with Crippen LogP contribution >= 0.6 is 0 Å². The van der Waals surface area contributed by atoms with Gasteiger partial charge in [0.05, 0.1) is 22.4 Å². The molecule has 0 bridgehead atoms. The van der Waals surface area contributed by atoms with Crippen LogP contribution in [0.25, 0.3) is 106 Å². The van der Waals surface area contributed by atoms with Gasteiger partial charge in [-0.05, 0) is 121 Å². The summed E-state index contributed by atoms with van der Waals surface area (Å²) in [6, 6.07) is 95.1. The maximum atomic E-state index is 5.30. The van der Waals surface area contributed by atoms with Gasteiger partial charge in [-0.2, -0.15) is 0 Å². The molecule has 0 saturated heterocycles. The van der Waals surface area contributed by atoms with E-state index in [9.17, 15) is 0 Å². The fourth-order valence-electron chi connectivity index (χ4n) is 10.6. The minimum atomic E-state index is 0.102. The standard InChI is InChI=1S/C66H44N2/c1-5-18-44(19-6-1)51-36-52(45-20-7-2-8-21-45)38-54(37-51)66-59-30-14-13-28-56(59)61-40-48(33-35-60(61)66)49-32-34-58-57-29-15-16-31-64(57)68(65(58)43-49)55-27-17-26-50(39-55)63-42-53(46-22-9-3-10-23-46)41-62(67-63)47-24-11-4-12-25-47/h1-43,66H. The Hall–Kier alpha value is -8.85. The molecule has 2 aromatic heterocycles. The van der Waals surface area contributed by atoms with Crippen molar-refractivity contribution in [1.29, 1.82) is 0 Å². The first kappa shape index (κ1) is 39.5. The minimum absolute atomic E-state index is 0.102. The molecule has 0 aliphatic heterocycles. The molecule has 0 saturated carbocycles. The molecule has 10 aromatic carbocycles. The highest BCUT2D eigenvalue weighted by Crippen LogP contribution is 2.50. The lowest BCUT2D eigenvalue weighted by atomic mass is 9.85. The number of hydrogen-bond donors (Lipinski definition) is 0. The zero-order valence-corrected chi connectivity index (χ0v) is 37.3. The number of aromatic nitrogens is 2. The van der Waals surface area contributed by atoms with Gasteiger partial charge in [-0.3, -0.25) is 0 Å². The molecule has 0 N–H and O–H groups in total. The first-order valence-corrected chi connectivity index (χ1v) is 23.5. The molecule has 1 aliphatic carbocycles. The molecule has 68 heavy (non-hydrogen) atoms. The molecular formula is C66H44N2. The van der Waals surface area contributed by atoms with Crippen molar-refractivity contribution in [2.45, 2.75) is 5.92 Å². The van der Waals surface area contributed by atoms with Crippen molar-refractivity contribution in [3.63, 3.8) is 0 Å². The highest BCUT2D eigenvalue weighted by atomic mass is 15.0. The zero-order valence-electron chi connectivity index (χ0n) is 37.3. The van der Waals surface area contributed by atoms with Crippen LogP contribution in [0.4, 0.5) is 0 Å². The van der Waals surface area contributed by atoms with E-state index >= 15 is 0 Å². The fraction of sp³-hybridized carbons (Fsp3) is 0.0152. The van der Waals surface area contributed by atoms with E-state index in [0.29, 0.717) is 0 Å². The van der Waals surface area contributed by atoms with Crippen LogP contribution in [0.2, 0.25) is 0 Å². The Kier molecular flexibility index (Phi) is 9.61. The fourth-order valence-corrected chi connectivity index (χ4v) is 10.6. The van der Waals surface area contributed by atoms with Crippen molar-refractivity contribution in [1.82, 2.24) is 9.55 Å². The predicted octanol–water partition coefficient (Wildman–Crippen LogP) is 17.3. The van der Waals surface area contributed by atoms with Crippen LogP contribution in [-0.4, -0.2) is 9.55 Å². The molecule has 1 atom stereocenters. The first-order valence-electron chi connectivity index (χ1n) is 23.5. The van der Waals surface area contributed by atoms with Crippen LogP contribution in [0.1, 0.15) is 22.6 Å². The molecular weight excluding hydrogens is 821 g/mol. The van der Waals surface area contributed by atoms with Gasteiger partial charge < -0.3 is 4.57 Å². The Balaban J connectivity index is 0.932. The smallest absolute Gasteiger partial charge is 0.0716 e. The second kappa shape index (κ2) is 16.5. The molecule has 1 aliphatic rings. The predicted molar refractivity (Wildman–Crippen MR) is 284 cm³/mol. The van der Waals surface area contributed by atoms with Crippen molar-refractivity contribution in [2.75, 3.05) is 0 Å². The molecule has 2 heterocycles. The highest BCUT2D eigenvalue weighted by molar-refractivity contribution is 6.10. The van der Waals surface area contributed by atoms with E-state index in [-0.39, 0.29) is 5.92 Å². The number of hydrogen-bond acceptors (Lipinski definition) is 1. The molecule has 1 unspecified atom stereocenters. The van der Waals surface area contributed by atoms with Crippen molar-refractivity contribution in [3.8, 4) is 83.8 Å². The average Bonchev–Trinajstić information content (AvgIpc) is 3.94. The third kappa shape index (κ3) is 6.94. The highest BCUT2D eigenvalue weighted by Gasteiger charge is 2.31. The average molecular weight is 865 g/mol. The van der Waals surface area contributed by atoms with Gasteiger partial charge in [0.2, 0.25) is 0 Å². The van der Waals surface area contributed by atoms with Crippen LogP contribution < -0.4 is 0 Å². The van der Waals surface area contributed by atoms with Crippen LogP contribution in [0.5, 0.6) is 0 Å². The molecule has 12 aromatic rings. The first-order chi connectivity index (χ1) is 33.7. The molecule has 2 heteroatoms. The van der Waals surface area contributed by atoms with Gasteiger partial charge in [-0.1, -0.05) is 212 Å². The quantitative estimate of drug-likeness (QED) is 0.149. The number of benzene rings is 10. The lowest BCUT2D eigenvalue weighted by Gasteiger charge is -2.18. The Morgan fingerprint density at radius 1 is 0.279 bits per heavy atom. The van der Waals surface area contributed by atoms with Crippen LogP contribution in [0, 0.1) is 0 Å². The Morgan fingerprint density at radius 2 is 0.794 bits per heavy atom. The third-order valence-corrected chi connectivity index (χ3v) is 13.8. The van der Waals surface area contributed by atoms with E-state index < -0.39 is 0 Å². The Bertz CT molecular complexity index is 3720. The lowest BCUT2D eigenvalue weighted by Crippen LogP contribution is -2.00. The van der Waals surface area contributed by atoms with Crippen LogP contribution in [0.3, 0.4) is 0 Å². The number of rotatable bonds is 8. The van der Waals surface area contributed by atoms with Gasteiger partial charge in [0.1, 0.15) is 0 Å². The zero-order chi connectivity index (χ0) is 45.0. The van der Waals surface area contributed by atoms with Crippen LogP contribution in [-0.2, 0) is 0 Å². The minimum Gasteiger partial charge on any atom is -0.309 e. The SMILES string of the molecule is c1ccc(-c2cc(-c3ccccc3)cc(C3c4ccccc4-c4cc(-c5ccc6c7ccccc7n(-c7cccc(-c8cc(-c9ccccc9)cc(-c9ccccc9)n8)c7)c6c5)ccc43)c2)cc1. The van der Waals surface area contributed by atoms with Crippen molar-refractivity contribution < 1.29 is 0 Å². The van der Waals surface area contributed by atoms with Crippen LogP contribution in [0.15, 0.2) is 261 Å². The Morgan fingerprint density at radius 3 is 1.49 bits per heavy atom. The molecule has 0 fully saturated rings. The van der Waals surface area contributed by atoms with E-state index in [1.807, 2.05) is 0 Å². The summed E-state index contributed by atoms with van der Waals surface area (Å²) in [4.78, 5) is 5.30. The monoisotopic (exact) mass is 864 g/mol. The van der Waals surface area contributed by atoms with Gasteiger partial charge in [-0.25, -0.2) is 4.98 Å². The summed E-state index contributed by atoms with van der Waals surface area (Å²) in [6.45, 7) is 0. The summed E-state index contributed by atoms with van der Waals surface area (Å²) in [5.74, 6) is 0.102. The number of pyridine rings is 1. The normalized spacial score (nSPS) is 12.9. The summed E-state index contributed by atoms with van der Waals surface area (Å²) in [7, 11) is 0. The number of para-hydroxylation sites is 1. The van der Waals surface area contributed by atoms with E-state index in [2.05, 4.69) is 265 Å². The van der Waals surface area contributed by atoms with Crippen molar-refractivity contribution in [3.05, 3.63) is 278 Å². The Labute approximate surface area is 396 Å². The maximum absolute atomic E-state index is 5.30. The molecule has 13 rings (SSSR count). The lowest BCUT2D eigenvalue weighted by molar-refractivity contribution is 1.02. The van der Waals surface area contributed by atoms with E-state index in [0.717, 1.165) is 33.8 Å². The summed E-state index contributed by atoms with van der Waals surface area (Å²) >= 11 is 0. The molecule has 318 valence electrons.